The van der Waals surface area contributed by atoms with Crippen LogP contribution in [0.4, 0.5) is 5.82 Å². The quantitative estimate of drug-likeness (QED) is 0.531. The number of hydrogen-bond acceptors (Lipinski definition) is 5. The number of carbonyl (C=O) groups is 1. The first-order chi connectivity index (χ1) is 14.0. The number of nitrogens with zero attached hydrogens (tertiary/aromatic N) is 3. The molecular formula is C21H23ClN4O3. The Balaban J connectivity index is 1.75. The molecule has 8 heteroatoms. The lowest BCUT2D eigenvalue weighted by molar-refractivity contribution is -0.116. The summed E-state index contributed by atoms with van der Waals surface area (Å²) in [6.45, 7) is 1.03. The molecule has 3 aromatic rings. The molecule has 0 bridgehead atoms. The Bertz CT molecular complexity index is 946. The van der Waals surface area contributed by atoms with Gasteiger partial charge in [0.25, 0.3) is 0 Å². The number of nitrogens with two attached hydrogens (primary N) is 1. The van der Waals surface area contributed by atoms with Crippen LogP contribution in [0.25, 0.3) is 0 Å². The summed E-state index contributed by atoms with van der Waals surface area (Å²) in [7, 11) is 0. The zero-order valence-corrected chi connectivity index (χ0v) is 16.6. The van der Waals surface area contributed by atoms with Crippen molar-refractivity contribution in [1.29, 1.82) is 0 Å². The van der Waals surface area contributed by atoms with Gasteiger partial charge in [-0.15, -0.1) is 0 Å². The molecule has 0 spiro atoms. The first-order valence-corrected chi connectivity index (χ1v) is 9.55. The van der Waals surface area contributed by atoms with E-state index in [1.807, 2.05) is 42.5 Å². The van der Waals surface area contributed by atoms with Gasteiger partial charge in [0.15, 0.2) is 5.82 Å². The molecule has 152 valence electrons. The number of anilines is 1. The van der Waals surface area contributed by atoms with E-state index in [-0.39, 0.29) is 19.7 Å². The zero-order valence-electron chi connectivity index (χ0n) is 15.9. The highest BCUT2D eigenvalue weighted by Crippen LogP contribution is 2.25. The van der Waals surface area contributed by atoms with Gasteiger partial charge in [-0.05, 0) is 23.8 Å². The van der Waals surface area contributed by atoms with Gasteiger partial charge >= 0.3 is 0 Å². The van der Waals surface area contributed by atoms with Gasteiger partial charge < -0.3 is 20.5 Å². The normalized spacial score (nSPS) is 10.7. The monoisotopic (exact) mass is 414 g/mol. The van der Waals surface area contributed by atoms with Crippen molar-refractivity contribution < 1.29 is 14.6 Å². The molecule has 3 rings (SSSR count). The molecule has 0 saturated heterocycles. The highest BCUT2D eigenvalue weighted by molar-refractivity contribution is 6.30. The summed E-state index contributed by atoms with van der Waals surface area (Å²) in [5.41, 5.74) is 7.23. The molecule has 0 unspecified atom stereocenters. The lowest BCUT2D eigenvalue weighted by Gasteiger charge is -2.19. The standard InChI is InChI=1S/C21H23ClN4O3/c22-18-6-7-19(29-15-16-4-2-1-3-5-16)17(12-18)13-26-9-8-21(24-26)25(10-11-27)14-20(23)28/h1-9,12,27H,10-11,13-15H2,(H2,23,28). The van der Waals surface area contributed by atoms with Crippen LogP contribution in [-0.4, -0.2) is 40.5 Å². The Kier molecular flexibility index (Phi) is 7.10. The molecule has 1 aromatic heterocycles. The summed E-state index contributed by atoms with van der Waals surface area (Å²) in [5.74, 6) is 0.797. The van der Waals surface area contributed by atoms with Crippen LogP contribution in [0.5, 0.6) is 5.75 Å². The maximum absolute atomic E-state index is 11.3. The Labute approximate surface area is 174 Å². The van der Waals surface area contributed by atoms with Crippen LogP contribution >= 0.6 is 11.6 Å². The van der Waals surface area contributed by atoms with Crippen LogP contribution in [0, 0.1) is 0 Å². The van der Waals surface area contributed by atoms with E-state index < -0.39 is 5.91 Å². The smallest absolute Gasteiger partial charge is 0.237 e. The van der Waals surface area contributed by atoms with Crippen molar-refractivity contribution in [3.05, 3.63) is 76.9 Å². The van der Waals surface area contributed by atoms with E-state index in [9.17, 15) is 9.90 Å². The second-order valence-electron chi connectivity index (χ2n) is 6.51. The number of aliphatic hydroxyl groups is 1. The van der Waals surface area contributed by atoms with Crippen molar-refractivity contribution in [3.8, 4) is 5.75 Å². The number of aliphatic hydroxyl groups excluding tert-OH is 1. The van der Waals surface area contributed by atoms with Gasteiger partial charge in [0, 0.05) is 29.4 Å². The molecule has 1 amide bonds. The molecule has 0 fully saturated rings. The number of primary amides is 1. The fourth-order valence-electron chi connectivity index (χ4n) is 2.91. The molecule has 2 aromatic carbocycles. The van der Waals surface area contributed by atoms with Gasteiger partial charge in [0.1, 0.15) is 12.4 Å². The van der Waals surface area contributed by atoms with Crippen LogP contribution < -0.4 is 15.4 Å². The van der Waals surface area contributed by atoms with Gasteiger partial charge in [0.05, 0.1) is 19.7 Å². The number of carbonyl (C=O) groups excluding carboxylic acids is 1. The van der Waals surface area contributed by atoms with Crippen molar-refractivity contribution in [2.45, 2.75) is 13.2 Å². The molecule has 0 aliphatic heterocycles. The third-order valence-electron chi connectivity index (χ3n) is 4.26. The summed E-state index contributed by atoms with van der Waals surface area (Å²) in [6, 6.07) is 17.2. The maximum atomic E-state index is 11.3. The maximum Gasteiger partial charge on any atom is 0.237 e. The molecule has 0 atom stereocenters. The molecule has 29 heavy (non-hydrogen) atoms. The van der Waals surface area contributed by atoms with E-state index in [2.05, 4.69) is 5.10 Å². The molecule has 0 aliphatic carbocycles. The van der Waals surface area contributed by atoms with Crippen molar-refractivity contribution in [2.24, 2.45) is 5.73 Å². The number of ether oxygens (including phenoxy) is 1. The van der Waals surface area contributed by atoms with Gasteiger partial charge in [-0.1, -0.05) is 41.9 Å². The number of benzene rings is 2. The second-order valence-corrected chi connectivity index (χ2v) is 6.95. The van der Waals surface area contributed by atoms with Gasteiger partial charge in [-0.2, -0.15) is 5.10 Å². The highest BCUT2D eigenvalue weighted by atomic mass is 35.5. The minimum atomic E-state index is -0.487. The lowest BCUT2D eigenvalue weighted by Crippen LogP contribution is -2.36. The molecule has 7 nitrogen and oxygen atoms in total. The summed E-state index contributed by atoms with van der Waals surface area (Å²) in [5, 5.41) is 14.3. The molecule has 1 heterocycles. The average Bonchev–Trinajstić information content (AvgIpc) is 3.16. The number of halogens is 1. The van der Waals surface area contributed by atoms with Crippen LogP contribution in [0.2, 0.25) is 5.02 Å². The van der Waals surface area contributed by atoms with Crippen LogP contribution in [0.15, 0.2) is 60.8 Å². The van der Waals surface area contributed by atoms with Gasteiger partial charge in [0.2, 0.25) is 5.91 Å². The molecule has 0 saturated carbocycles. The van der Waals surface area contributed by atoms with E-state index in [0.29, 0.717) is 24.0 Å². The van der Waals surface area contributed by atoms with E-state index >= 15 is 0 Å². The molecule has 3 N–H and O–H groups in total. The van der Waals surface area contributed by atoms with E-state index in [1.165, 1.54) is 0 Å². The van der Waals surface area contributed by atoms with Crippen molar-refractivity contribution in [1.82, 2.24) is 9.78 Å². The fourth-order valence-corrected chi connectivity index (χ4v) is 3.11. The first kappa shape index (κ1) is 20.7. The second kappa shape index (κ2) is 9.95. The summed E-state index contributed by atoms with van der Waals surface area (Å²) < 4.78 is 7.72. The minimum Gasteiger partial charge on any atom is -0.489 e. The Morgan fingerprint density at radius 2 is 2.00 bits per heavy atom. The van der Waals surface area contributed by atoms with Crippen LogP contribution in [0.3, 0.4) is 0 Å². The zero-order chi connectivity index (χ0) is 20.6. The largest absolute Gasteiger partial charge is 0.489 e. The minimum absolute atomic E-state index is 0.0137. The summed E-state index contributed by atoms with van der Waals surface area (Å²) >= 11 is 6.18. The number of hydrogen-bond donors (Lipinski definition) is 2. The van der Waals surface area contributed by atoms with Gasteiger partial charge in [-0.25, -0.2) is 0 Å². The molecule has 0 radical (unpaired) electrons. The van der Waals surface area contributed by atoms with Crippen molar-refractivity contribution in [3.63, 3.8) is 0 Å². The molecular weight excluding hydrogens is 392 g/mol. The Hall–Kier alpha value is -3.03. The average molecular weight is 415 g/mol. The highest BCUT2D eigenvalue weighted by Gasteiger charge is 2.13. The van der Waals surface area contributed by atoms with Crippen LogP contribution in [0.1, 0.15) is 11.1 Å². The Morgan fingerprint density at radius 3 is 2.72 bits per heavy atom. The lowest BCUT2D eigenvalue weighted by atomic mass is 10.2. The SMILES string of the molecule is NC(=O)CN(CCO)c1ccn(Cc2cc(Cl)ccc2OCc2ccccc2)n1. The summed E-state index contributed by atoms with van der Waals surface area (Å²) in [6.07, 6.45) is 1.79. The van der Waals surface area contributed by atoms with E-state index in [4.69, 9.17) is 22.1 Å². The van der Waals surface area contributed by atoms with Crippen LogP contribution in [-0.2, 0) is 17.9 Å². The predicted molar refractivity (Wildman–Crippen MR) is 112 cm³/mol. The van der Waals surface area contributed by atoms with Crippen molar-refractivity contribution >= 4 is 23.3 Å². The number of amides is 1. The third kappa shape index (κ3) is 5.97. The fraction of sp³-hybridized carbons (Fsp3) is 0.238. The topological polar surface area (TPSA) is 93.6 Å². The third-order valence-corrected chi connectivity index (χ3v) is 4.49. The molecule has 0 aliphatic rings. The van der Waals surface area contributed by atoms with E-state index in [1.54, 1.807) is 27.9 Å². The first-order valence-electron chi connectivity index (χ1n) is 9.18. The number of rotatable bonds is 10. The van der Waals surface area contributed by atoms with Gasteiger partial charge in [-0.3, -0.25) is 9.48 Å². The summed E-state index contributed by atoms with van der Waals surface area (Å²) in [4.78, 5) is 12.9. The van der Waals surface area contributed by atoms with E-state index in [0.717, 1.165) is 16.9 Å². The number of aromatic nitrogens is 2. The Morgan fingerprint density at radius 1 is 1.21 bits per heavy atom. The van der Waals surface area contributed by atoms with Crippen molar-refractivity contribution in [2.75, 3.05) is 24.6 Å². The predicted octanol–water partition coefficient (Wildman–Crippen LogP) is 2.45.